The van der Waals surface area contributed by atoms with E-state index in [-0.39, 0.29) is 0 Å². The van der Waals surface area contributed by atoms with E-state index in [2.05, 4.69) is 36.8 Å². The van der Waals surface area contributed by atoms with Crippen LogP contribution < -0.4 is 10.6 Å². The van der Waals surface area contributed by atoms with E-state index in [0.29, 0.717) is 44.9 Å². The van der Waals surface area contributed by atoms with Crippen LogP contribution in [0.4, 0.5) is 11.6 Å². The van der Waals surface area contributed by atoms with Gasteiger partial charge in [0.1, 0.15) is 5.02 Å². The average molecular weight is 571 g/mol. The van der Waals surface area contributed by atoms with Crippen molar-refractivity contribution in [1.29, 1.82) is 0 Å². The monoisotopic (exact) mass is 568 g/mol. The number of nitrogens with zero attached hydrogens (tertiary/aromatic N) is 4. The van der Waals surface area contributed by atoms with Gasteiger partial charge in [-0.2, -0.15) is 10.2 Å². The predicted octanol–water partition coefficient (Wildman–Crippen LogP) is 6.71. The fraction of sp³-hybridized carbons (Fsp3) is 0.0952. The van der Waals surface area contributed by atoms with Crippen molar-refractivity contribution in [3.05, 3.63) is 91.6 Å². The zero-order chi connectivity index (χ0) is 22.7. The normalized spacial score (nSPS) is 10.9. The third-order valence-corrected chi connectivity index (χ3v) is 6.28. The smallest absolute Gasteiger partial charge is 0.177 e. The summed E-state index contributed by atoms with van der Waals surface area (Å²) in [4.78, 5) is 0. The molecule has 0 aliphatic heterocycles. The van der Waals surface area contributed by atoms with E-state index in [1.54, 1.807) is 15.6 Å². The molecule has 164 valence electrons. The fourth-order valence-electron chi connectivity index (χ4n) is 2.97. The molecule has 2 aromatic carbocycles. The highest BCUT2D eigenvalue weighted by atomic mass is 79.9. The van der Waals surface area contributed by atoms with E-state index < -0.39 is 0 Å². The van der Waals surface area contributed by atoms with Crippen molar-refractivity contribution < 1.29 is 0 Å². The number of rotatable bonds is 6. The van der Waals surface area contributed by atoms with Crippen LogP contribution in [-0.2, 0) is 13.1 Å². The summed E-state index contributed by atoms with van der Waals surface area (Å²) in [5, 5.41) is 17.1. The van der Waals surface area contributed by atoms with Gasteiger partial charge in [-0.15, -0.1) is 0 Å². The molecule has 6 nitrogen and oxygen atoms in total. The molecule has 0 saturated carbocycles. The van der Waals surface area contributed by atoms with Crippen molar-refractivity contribution in [3.8, 4) is 0 Å². The van der Waals surface area contributed by atoms with Crippen molar-refractivity contribution in [2.45, 2.75) is 13.1 Å². The van der Waals surface area contributed by atoms with Gasteiger partial charge in [-0.3, -0.25) is 9.36 Å². The van der Waals surface area contributed by atoms with E-state index in [4.69, 9.17) is 47.0 Å². The zero-order valence-electron chi connectivity index (χ0n) is 16.4. The highest BCUT2D eigenvalue weighted by Crippen LogP contribution is 2.25. The number of hydrogen-bond donors (Lipinski definition) is 2. The quantitative estimate of drug-likeness (QED) is 0.253. The Morgan fingerprint density at radius 1 is 0.781 bits per heavy atom. The van der Waals surface area contributed by atoms with Gasteiger partial charge in [-0.05, 0) is 51.4 Å². The Labute approximate surface area is 213 Å². The first-order valence-electron chi connectivity index (χ1n) is 9.40. The van der Waals surface area contributed by atoms with Gasteiger partial charge in [0.2, 0.25) is 0 Å². The molecule has 32 heavy (non-hydrogen) atoms. The second kappa shape index (κ2) is 10.2. The molecule has 0 fully saturated rings. The van der Waals surface area contributed by atoms with Crippen molar-refractivity contribution in [1.82, 2.24) is 19.6 Å². The van der Waals surface area contributed by atoms with Crippen LogP contribution in [0.3, 0.4) is 0 Å². The molecular weight excluding hydrogens is 555 g/mol. The van der Waals surface area contributed by atoms with Gasteiger partial charge in [0.25, 0.3) is 0 Å². The minimum Gasteiger partial charge on any atom is -0.315 e. The molecule has 0 atom stereocenters. The average Bonchev–Trinajstić information content (AvgIpc) is 3.26. The van der Waals surface area contributed by atoms with Gasteiger partial charge in [-0.25, -0.2) is 0 Å². The molecule has 11 heteroatoms. The van der Waals surface area contributed by atoms with Crippen LogP contribution in [0.25, 0.3) is 0 Å². The summed E-state index contributed by atoms with van der Waals surface area (Å²) in [7, 11) is 0. The summed E-state index contributed by atoms with van der Waals surface area (Å²) in [6.07, 6.45) is 3.56. The lowest BCUT2D eigenvalue weighted by molar-refractivity contribution is 0.689. The molecular formula is C21H16BrCl3N6S. The van der Waals surface area contributed by atoms with Gasteiger partial charge in [0.05, 0.1) is 17.6 Å². The molecule has 0 bridgehead atoms. The van der Waals surface area contributed by atoms with Crippen molar-refractivity contribution >= 4 is 79.7 Å². The zero-order valence-corrected chi connectivity index (χ0v) is 21.1. The fourth-order valence-corrected chi connectivity index (χ4v) is 4.17. The van der Waals surface area contributed by atoms with Crippen LogP contribution in [0.2, 0.25) is 15.1 Å². The lowest BCUT2D eigenvalue weighted by Gasteiger charge is -2.08. The molecule has 4 rings (SSSR count). The first-order chi connectivity index (χ1) is 15.4. The van der Waals surface area contributed by atoms with E-state index in [0.717, 1.165) is 15.6 Å². The number of aromatic nitrogens is 4. The van der Waals surface area contributed by atoms with E-state index >= 15 is 0 Å². The Bertz CT molecular complexity index is 1180. The summed E-state index contributed by atoms with van der Waals surface area (Å²) < 4.78 is 4.22. The summed E-state index contributed by atoms with van der Waals surface area (Å²) in [6.45, 7) is 1.01. The minimum atomic E-state index is 0.304. The molecule has 0 radical (unpaired) electrons. The van der Waals surface area contributed by atoms with Crippen molar-refractivity contribution in [2.24, 2.45) is 0 Å². The van der Waals surface area contributed by atoms with Gasteiger partial charge in [0.15, 0.2) is 16.7 Å². The van der Waals surface area contributed by atoms with Crippen molar-refractivity contribution in [2.75, 3.05) is 10.6 Å². The largest absolute Gasteiger partial charge is 0.315 e. The topological polar surface area (TPSA) is 59.7 Å². The third kappa shape index (κ3) is 5.63. The first-order valence-corrected chi connectivity index (χ1v) is 11.7. The summed E-state index contributed by atoms with van der Waals surface area (Å²) >= 11 is 27.7. The molecule has 2 N–H and O–H groups in total. The summed E-state index contributed by atoms with van der Waals surface area (Å²) in [5.74, 6) is 0.990. The molecule has 0 aliphatic carbocycles. The third-order valence-electron chi connectivity index (χ3n) is 4.48. The maximum absolute atomic E-state index is 6.33. The van der Waals surface area contributed by atoms with Gasteiger partial charge in [-0.1, -0.05) is 71.2 Å². The number of benzene rings is 2. The lowest BCUT2D eigenvalue weighted by atomic mass is 10.2. The number of thiocarbonyl (C=S) groups is 1. The molecule has 0 spiro atoms. The molecule has 0 aliphatic rings. The molecule has 0 unspecified atom stereocenters. The summed E-state index contributed by atoms with van der Waals surface area (Å²) in [5.41, 5.74) is 1.90. The van der Waals surface area contributed by atoms with Crippen LogP contribution in [0, 0.1) is 0 Å². The Balaban J connectivity index is 1.41. The predicted molar refractivity (Wildman–Crippen MR) is 138 cm³/mol. The molecule has 2 aromatic heterocycles. The molecule has 4 aromatic rings. The summed E-state index contributed by atoms with van der Waals surface area (Å²) in [6, 6.07) is 15.2. The van der Waals surface area contributed by atoms with Crippen molar-refractivity contribution in [3.63, 3.8) is 0 Å². The van der Waals surface area contributed by atoms with Crippen LogP contribution in [0.15, 0.2) is 65.4 Å². The van der Waals surface area contributed by atoms with Crippen LogP contribution in [0.1, 0.15) is 11.1 Å². The van der Waals surface area contributed by atoms with E-state index in [1.807, 2.05) is 54.7 Å². The molecule has 2 heterocycles. The molecule has 0 saturated heterocycles. The van der Waals surface area contributed by atoms with Crippen LogP contribution in [-0.4, -0.2) is 24.7 Å². The second-order valence-electron chi connectivity index (χ2n) is 6.81. The maximum atomic E-state index is 6.33. The minimum absolute atomic E-state index is 0.304. The van der Waals surface area contributed by atoms with Crippen LogP contribution >= 0.6 is 63.0 Å². The Hall–Kier alpha value is -2.10. The maximum Gasteiger partial charge on any atom is 0.177 e. The lowest BCUT2D eigenvalue weighted by Crippen LogP contribution is -2.20. The van der Waals surface area contributed by atoms with Gasteiger partial charge < -0.3 is 10.6 Å². The number of nitrogens with one attached hydrogen (secondary N) is 2. The SMILES string of the molecule is S=C(Nc1nn(Cc2ccccc2Cl)cc1Cl)Nc1nn(Cc2ccccc2Cl)cc1Br. The number of halogens is 4. The van der Waals surface area contributed by atoms with Crippen LogP contribution in [0.5, 0.6) is 0 Å². The standard InChI is InChI=1S/C21H16BrCl3N6S/c22-15-11-30(9-13-5-1-3-7-16(13)23)28-19(15)26-21(32)27-20-18(25)12-31(29-20)10-14-6-2-4-8-17(14)24/h1-8,11-12H,9-10H2,(H2,26,27,28,29,32). The highest BCUT2D eigenvalue weighted by molar-refractivity contribution is 9.10. The second-order valence-corrected chi connectivity index (χ2v) is 9.29. The van der Waals surface area contributed by atoms with Gasteiger partial charge >= 0.3 is 0 Å². The molecule has 0 amide bonds. The van der Waals surface area contributed by atoms with E-state index in [1.165, 1.54) is 0 Å². The Morgan fingerprint density at radius 3 is 1.88 bits per heavy atom. The first kappa shape index (κ1) is 23.1. The Kier molecular flexibility index (Phi) is 7.37. The number of anilines is 2. The van der Waals surface area contributed by atoms with Gasteiger partial charge in [0, 0.05) is 22.4 Å². The van der Waals surface area contributed by atoms with E-state index in [9.17, 15) is 0 Å². The highest BCUT2D eigenvalue weighted by Gasteiger charge is 2.13. The Morgan fingerprint density at radius 2 is 1.28 bits per heavy atom. The number of hydrogen-bond acceptors (Lipinski definition) is 3.